The zero-order valence-corrected chi connectivity index (χ0v) is 50.5. The molecule has 2 aliphatic rings. The molecule has 2 nitrogen and oxygen atoms in total. The Labute approximate surface area is 480 Å². The minimum absolute atomic E-state index is 0.0132. The largest absolute Gasteiger partial charge is 0.311 e. The topological polar surface area (TPSA) is 6.48 Å². The van der Waals surface area contributed by atoms with Crippen molar-refractivity contribution in [2.24, 2.45) is 0 Å². The van der Waals surface area contributed by atoms with Crippen LogP contribution in [0.15, 0.2) is 182 Å². The Bertz CT molecular complexity index is 4260. The second kappa shape index (κ2) is 18.1. The molecule has 0 radical (unpaired) electrons. The van der Waals surface area contributed by atoms with Gasteiger partial charge in [-0.3, -0.25) is 0 Å². The van der Waals surface area contributed by atoms with Crippen molar-refractivity contribution in [2.75, 3.05) is 9.80 Å². The van der Waals surface area contributed by atoms with Crippen molar-refractivity contribution in [3.05, 3.63) is 210 Å². The van der Waals surface area contributed by atoms with Gasteiger partial charge in [0.05, 0.1) is 11.4 Å². The molecule has 10 aromatic carbocycles. The standard InChI is InChI=1S/C76H75BN2S/c1-72(2,3)49-29-33-54(34-30-49)78-65-25-20-26-66-69(65)77(71-70(78)62-45-51(74(7,8)9)32-38-68(62)80-71)63-36-28-46(48-39-52(75(10,11)12)43-53(40-48)76(13,14)15)42-67(63)79(66)64-37-31-50(73(4,5)6)44-60(64)47-27-35-59-57-23-17-16-21-55(57)56-22-18-19-24-58(56)61(59)41-47/h16-45H,1-15H3. The molecule has 4 heteroatoms. The maximum atomic E-state index is 2.66. The summed E-state index contributed by atoms with van der Waals surface area (Å²) in [6.45, 7) is 35.1. The first-order chi connectivity index (χ1) is 37.8. The first-order valence-electron chi connectivity index (χ1n) is 29.0. The monoisotopic (exact) mass is 1060 g/mol. The number of anilines is 6. The number of rotatable bonds is 4. The van der Waals surface area contributed by atoms with Gasteiger partial charge in [-0.15, -0.1) is 11.3 Å². The summed E-state index contributed by atoms with van der Waals surface area (Å²) in [6.07, 6.45) is 0. The fraction of sp³-hybridized carbons (Fsp3) is 0.263. The smallest absolute Gasteiger partial charge is 0.264 e. The zero-order valence-electron chi connectivity index (χ0n) is 49.7. The highest BCUT2D eigenvalue weighted by Crippen LogP contribution is 2.51. The van der Waals surface area contributed by atoms with Gasteiger partial charge < -0.3 is 9.80 Å². The van der Waals surface area contributed by atoms with E-state index < -0.39 is 0 Å². The summed E-state index contributed by atoms with van der Waals surface area (Å²) in [4.78, 5) is 5.28. The van der Waals surface area contributed by atoms with Crippen molar-refractivity contribution in [1.82, 2.24) is 0 Å². The molecule has 13 rings (SSSR count). The predicted octanol–water partition coefficient (Wildman–Crippen LogP) is 20.3. The van der Waals surface area contributed by atoms with Crippen LogP contribution in [0.3, 0.4) is 0 Å². The van der Waals surface area contributed by atoms with Crippen molar-refractivity contribution in [3.63, 3.8) is 0 Å². The minimum Gasteiger partial charge on any atom is -0.311 e. The lowest BCUT2D eigenvalue weighted by molar-refractivity contribution is 0.569. The highest BCUT2D eigenvalue weighted by molar-refractivity contribution is 7.33. The van der Waals surface area contributed by atoms with Crippen molar-refractivity contribution in [2.45, 2.75) is 131 Å². The number of benzene rings is 10. The molecule has 0 saturated heterocycles. The zero-order chi connectivity index (χ0) is 56.2. The summed E-state index contributed by atoms with van der Waals surface area (Å²) in [7, 11) is 0. The van der Waals surface area contributed by atoms with Gasteiger partial charge in [-0.2, -0.15) is 0 Å². The van der Waals surface area contributed by atoms with Crippen LogP contribution in [0, 0.1) is 0 Å². The van der Waals surface area contributed by atoms with Crippen LogP contribution in [-0.4, -0.2) is 6.71 Å². The molecule has 2 aliphatic heterocycles. The Morgan fingerprint density at radius 1 is 0.325 bits per heavy atom. The summed E-state index contributed by atoms with van der Waals surface area (Å²) >= 11 is 1.98. The average Bonchev–Trinajstić information content (AvgIpc) is 4.01. The van der Waals surface area contributed by atoms with Crippen LogP contribution in [0.25, 0.3) is 64.7 Å². The molecule has 0 bridgehead atoms. The highest BCUT2D eigenvalue weighted by atomic mass is 32.1. The van der Waals surface area contributed by atoms with Crippen LogP contribution in [0.4, 0.5) is 34.1 Å². The average molecular weight is 1060 g/mol. The second-order valence-corrected chi connectivity index (χ2v) is 29.4. The van der Waals surface area contributed by atoms with E-state index in [9.17, 15) is 0 Å². The second-order valence-electron chi connectivity index (χ2n) is 28.3. The molecule has 0 saturated carbocycles. The lowest BCUT2D eigenvalue weighted by Gasteiger charge is -2.43. The van der Waals surface area contributed by atoms with Gasteiger partial charge in [0, 0.05) is 43.2 Å². The van der Waals surface area contributed by atoms with Crippen LogP contribution < -0.4 is 25.5 Å². The quantitative estimate of drug-likeness (QED) is 0.128. The van der Waals surface area contributed by atoms with Gasteiger partial charge in [-0.05, 0) is 175 Å². The number of fused-ring (bicyclic) bond motifs is 12. The summed E-state index contributed by atoms with van der Waals surface area (Å²) < 4.78 is 2.71. The molecule has 80 heavy (non-hydrogen) atoms. The molecule has 11 aromatic rings. The third kappa shape index (κ3) is 8.50. The summed E-state index contributed by atoms with van der Waals surface area (Å²) in [5, 5.41) is 9.01. The van der Waals surface area contributed by atoms with E-state index in [0.717, 1.165) is 0 Å². The van der Waals surface area contributed by atoms with Gasteiger partial charge in [-0.25, -0.2) is 0 Å². The van der Waals surface area contributed by atoms with Crippen molar-refractivity contribution < 1.29 is 0 Å². The van der Waals surface area contributed by atoms with E-state index >= 15 is 0 Å². The lowest BCUT2D eigenvalue weighted by atomic mass is 9.36. The highest BCUT2D eigenvalue weighted by Gasteiger charge is 2.46. The van der Waals surface area contributed by atoms with E-state index in [2.05, 4.69) is 296 Å². The molecule has 398 valence electrons. The molecule has 0 spiro atoms. The fourth-order valence-electron chi connectivity index (χ4n) is 12.9. The van der Waals surface area contributed by atoms with Crippen LogP contribution >= 0.6 is 11.3 Å². The van der Waals surface area contributed by atoms with Gasteiger partial charge >= 0.3 is 0 Å². The molecular weight excluding hydrogens is 984 g/mol. The van der Waals surface area contributed by atoms with Gasteiger partial charge in [0.15, 0.2) is 0 Å². The molecule has 0 atom stereocenters. The van der Waals surface area contributed by atoms with Crippen molar-refractivity contribution in [1.29, 1.82) is 0 Å². The fourth-order valence-corrected chi connectivity index (χ4v) is 14.2. The van der Waals surface area contributed by atoms with E-state index in [1.54, 1.807) is 0 Å². The van der Waals surface area contributed by atoms with Crippen LogP contribution in [0.5, 0.6) is 0 Å². The SMILES string of the molecule is CC(C)(C)c1ccc(N2c3cccc4c3B(c3ccc(-c5cc(C(C)(C)C)cc(C(C)(C)C)c5)cc3N4c3ccc(C(C)(C)C)cc3-c3ccc4c5ccccc5c5ccccc5c4c3)c3sc4ccc(C(C)(C)C)cc4c32)cc1. The Morgan fingerprint density at radius 2 is 0.838 bits per heavy atom. The minimum atomic E-state index is -0.0900. The summed E-state index contributed by atoms with van der Waals surface area (Å²) in [6, 6.07) is 71.2. The Kier molecular flexibility index (Phi) is 11.7. The third-order valence-electron chi connectivity index (χ3n) is 17.6. The summed E-state index contributed by atoms with van der Waals surface area (Å²) in [5.41, 5.74) is 21.5. The molecule has 0 fully saturated rings. The predicted molar refractivity (Wildman–Crippen MR) is 353 cm³/mol. The number of thiophene rings is 1. The van der Waals surface area contributed by atoms with Crippen molar-refractivity contribution in [3.8, 4) is 22.3 Å². The molecule has 0 amide bonds. The normalized spacial score (nSPS) is 13.9. The number of hydrogen-bond acceptors (Lipinski definition) is 3. The molecule has 0 unspecified atom stereocenters. The number of nitrogens with zero attached hydrogens (tertiary/aromatic N) is 2. The molecule has 1 aromatic heterocycles. The molecule has 0 N–H and O–H groups in total. The van der Waals surface area contributed by atoms with E-state index in [1.165, 1.54) is 142 Å². The summed E-state index contributed by atoms with van der Waals surface area (Å²) in [5.74, 6) is 0. The molecular formula is C76H75BN2S. The van der Waals surface area contributed by atoms with E-state index in [1.807, 2.05) is 11.3 Å². The maximum Gasteiger partial charge on any atom is 0.264 e. The van der Waals surface area contributed by atoms with Crippen LogP contribution in [-0.2, 0) is 27.1 Å². The first kappa shape index (κ1) is 52.0. The lowest BCUT2D eigenvalue weighted by Crippen LogP contribution is -2.60. The third-order valence-corrected chi connectivity index (χ3v) is 18.8. The van der Waals surface area contributed by atoms with E-state index in [-0.39, 0.29) is 33.8 Å². The first-order valence-corrected chi connectivity index (χ1v) is 29.8. The van der Waals surface area contributed by atoms with Gasteiger partial charge in [0.1, 0.15) is 0 Å². The van der Waals surface area contributed by atoms with E-state index in [4.69, 9.17) is 0 Å². The molecule has 0 aliphatic carbocycles. The Morgan fingerprint density at radius 3 is 1.43 bits per heavy atom. The maximum absolute atomic E-state index is 2.66. The number of hydrogen-bond donors (Lipinski definition) is 0. The Balaban J connectivity index is 1.13. The van der Waals surface area contributed by atoms with E-state index in [0.29, 0.717) is 0 Å². The van der Waals surface area contributed by atoms with Crippen LogP contribution in [0.1, 0.15) is 132 Å². The van der Waals surface area contributed by atoms with Gasteiger partial charge in [-0.1, -0.05) is 225 Å². The van der Waals surface area contributed by atoms with Gasteiger partial charge in [0.25, 0.3) is 6.71 Å². The van der Waals surface area contributed by atoms with Crippen molar-refractivity contribution >= 4 is 110 Å². The Hall–Kier alpha value is -7.40. The van der Waals surface area contributed by atoms with Crippen LogP contribution in [0.2, 0.25) is 0 Å². The van der Waals surface area contributed by atoms with Gasteiger partial charge in [0.2, 0.25) is 0 Å². The molecule has 3 heterocycles.